The van der Waals surface area contributed by atoms with Gasteiger partial charge in [-0.25, -0.2) is 15.0 Å². The summed E-state index contributed by atoms with van der Waals surface area (Å²) in [6, 6.07) is 0.0908. The van der Waals surface area contributed by atoms with Gasteiger partial charge >= 0.3 is 6.18 Å². The van der Waals surface area contributed by atoms with Crippen molar-refractivity contribution in [3.8, 4) is 0 Å². The van der Waals surface area contributed by atoms with E-state index in [2.05, 4.69) is 15.0 Å². The molecule has 0 unspecified atom stereocenters. The summed E-state index contributed by atoms with van der Waals surface area (Å²) >= 11 is 0. The molecule has 0 amide bonds. The maximum absolute atomic E-state index is 13.1. The van der Waals surface area contributed by atoms with E-state index in [1.807, 2.05) is 0 Å². The zero-order chi connectivity index (χ0) is 15.5. The van der Waals surface area contributed by atoms with E-state index in [0.717, 1.165) is 38.5 Å². The Balaban J connectivity index is 1.96. The van der Waals surface area contributed by atoms with E-state index in [9.17, 15) is 13.2 Å². The Bertz CT molecular complexity index is 726. The third-order valence-corrected chi connectivity index (χ3v) is 4.50. The zero-order valence-electron chi connectivity index (χ0n) is 11.9. The normalized spacial score (nSPS) is 20.1. The Hall–Kier alpha value is -1.86. The molecule has 0 spiro atoms. The highest BCUT2D eigenvalue weighted by Gasteiger charge is 2.39. The first-order valence-electron chi connectivity index (χ1n) is 7.57. The number of rotatable bonds is 2. The van der Waals surface area contributed by atoms with Crippen LogP contribution >= 0.6 is 0 Å². The fourth-order valence-electron chi connectivity index (χ4n) is 3.30. The van der Waals surface area contributed by atoms with Gasteiger partial charge in [0.1, 0.15) is 5.52 Å². The summed E-state index contributed by atoms with van der Waals surface area (Å²) < 4.78 is 41.0. The molecule has 4 rings (SSSR count). The van der Waals surface area contributed by atoms with Gasteiger partial charge in [0.05, 0.1) is 5.69 Å². The van der Waals surface area contributed by atoms with Crippen molar-refractivity contribution >= 4 is 17.1 Å². The molecule has 0 aromatic carbocycles. The van der Waals surface area contributed by atoms with Crippen molar-refractivity contribution in [3.63, 3.8) is 0 Å². The Kier molecular flexibility index (Phi) is 2.86. The molecule has 2 aliphatic rings. The van der Waals surface area contributed by atoms with Gasteiger partial charge in [0.2, 0.25) is 11.8 Å². The molecular weight excluding hydrogens is 295 g/mol. The number of imidazole rings is 1. The maximum Gasteiger partial charge on any atom is 0.451 e. The molecule has 0 bridgehead atoms. The molecule has 2 heterocycles. The van der Waals surface area contributed by atoms with Gasteiger partial charge < -0.3 is 5.73 Å². The van der Waals surface area contributed by atoms with E-state index in [1.165, 1.54) is 0 Å². The average Bonchev–Trinajstić information content (AvgIpc) is 3.04. The second kappa shape index (κ2) is 4.57. The number of nitrogens with two attached hydrogens (primary N) is 1. The second-order valence-electron chi connectivity index (χ2n) is 6.15. The number of hydrogen-bond acceptors (Lipinski definition) is 4. The van der Waals surface area contributed by atoms with Gasteiger partial charge in [0, 0.05) is 12.0 Å². The molecule has 0 aliphatic heterocycles. The van der Waals surface area contributed by atoms with E-state index in [-0.39, 0.29) is 23.6 Å². The predicted octanol–water partition coefficient (Wildman–Crippen LogP) is 3.42. The summed E-state index contributed by atoms with van der Waals surface area (Å²) in [5.41, 5.74) is 7.08. The van der Waals surface area contributed by atoms with E-state index >= 15 is 0 Å². The summed E-state index contributed by atoms with van der Waals surface area (Å²) in [7, 11) is 0. The topological polar surface area (TPSA) is 69.6 Å². The van der Waals surface area contributed by atoms with Crippen LogP contribution in [0.4, 0.5) is 19.1 Å². The first-order chi connectivity index (χ1) is 10.4. The van der Waals surface area contributed by atoms with E-state index < -0.39 is 12.0 Å². The number of nitrogens with zero attached hydrogens (tertiary/aromatic N) is 4. The van der Waals surface area contributed by atoms with Crippen molar-refractivity contribution < 1.29 is 13.2 Å². The third-order valence-electron chi connectivity index (χ3n) is 4.50. The monoisotopic (exact) mass is 311 g/mol. The van der Waals surface area contributed by atoms with Crippen LogP contribution in [0, 0.1) is 0 Å². The molecule has 22 heavy (non-hydrogen) atoms. The fraction of sp³-hybridized carbons (Fsp3) is 0.643. The maximum atomic E-state index is 13.1. The number of hydrogen-bond donors (Lipinski definition) is 1. The van der Waals surface area contributed by atoms with Crippen molar-refractivity contribution in [3.05, 3.63) is 11.5 Å². The Labute approximate surface area is 124 Å². The molecule has 5 nitrogen and oxygen atoms in total. The van der Waals surface area contributed by atoms with Crippen molar-refractivity contribution in [2.45, 2.75) is 56.7 Å². The lowest BCUT2D eigenvalue weighted by atomic mass is 10.2. The molecule has 2 aromatic heterocycles. The van der Waals surface area contributed by atoms with Crippen molar-refractivity contribution in [2.75, 3.05) is 5.73 Å². The smallest absolute Gasteiger partial charge is 0.369 e. The molecular formula is C14H16F3N5. The first kappa shape index (κ1) is 13.8. The van der Waals surface area contributed by atoms with Crippen molar-refractivity contribution in [2.24, 2.45) is 0 Å². The summed E-state index contributed by atoms with van der Waals surface area (Å²) in [6.45, 7) is 0. The van der Waals surface area contributed by atoms with Crippen LogP contribution in [0.5, 0.6) is 0 Å². The number of fused-ring (bicyclic) bond motifs is 1. The van der Waals surface area contributed by atoms with Gasteiger partial charge in [-0.3, -0.25) is 4.57 Å². The van der Waals surface area contributed by atoms with Crippen LogP contribution in [0.3, 0.4) is 0 Å². The number of nitrogen functional groups attached to an aromatic ring is 1. The van der Waals surface area contributed by atoms with Crippen LogP contribution in [0.2, 0.25) is 0 Å². The molecule has 2 N–H and O–H groups in total. The van der Waals surface area contributed by atoms with E-state index in [1.54, 1.807) is 4.57 Å². The minimum Gasteiger partial charge on any atom is -0.369 e. The Morgan fingerprint density at radius 3 is 2.27 bits per heavy atom. The number of anilines is 1. The standard InChI is InChI=1S/C14H16F3N5/c15-14(16,17)12-19-9(7-5-6-7)10-11(21-12)22(13(18)20-10)8-3-1-2-4-8/h7-8H,1-6H2,(H2,18,20). The summed E-state index contributed by atoms with van der Waals surface area (Å²) in [5.74, 6) is -0.781. The van der Waals surface area contributed by atoms with Crippen LogP contribution in [-0.4, -0.2) is 19.5 Å². The van der Waals surface area contributed by atoms with Crippen molar-refractivity contribution in [1.29, 1.82) is 0 Å². The Morgan fingerprint density at radius 2 is 1.68 bits per heavy atom. The van der Waals surface area contributed by atoms with Crippen LogP contribution in [0.1, 0.15) is 62.0 Å². The summed E-state index contributed by atoms with van der Waals surface area (Å²) in [4.78, 5) is 11.8. The average molecular weight is 311 g/mol. The van der Waals surface area contributed by atoms with Crippen LogP contribution in [0.25, 0.3) is 11.2 Å². The summed E-state index contributed by atoms with van der Waals surface area (Å²) in [5, 5.41) is 0. The quantitative estimate of drug-likeness (QED) is 0.922. The lowest BCUT2D eigenvalue weighted by molar-refractivity contribution is -0.144. The van der Waals surface area contributed by atoms with E-state index in [0.29, 0.717) is 11.2 Å². The largest absolute Gasteiger partial charge is 0.451 e. The molecule has 2 saturated carbocycles. The molecule has 0 saturated heterocycles. The molecule has 0 atom stereocenters. The summed E-state index contributed by atoms with van der Waals surface area (Å²) in [6.07, 6.45) is 1.04. The highest BCUT2D eigenvalue weighted by molar-refractivity contribution is 5.78. The molecule has 118 valence electrons. The number of halogens is 3. The number of alkyl halides is 3. The molecule has 2 aromatic rings. The Morgan fingerprint density at radius 1 is 1.00 bits per heavy atom. The SMILES string of the molecule is Nc1nc2c(C3CC3)nc(C(F)(F)F)nc2n1C1CCCC1. The molecule has 8 heteroatoms. The molecule has 0 radical (unpaired) electrons. The van der Waals surface area contributed by atoms with Gasteiger partial charge in [-0.15, -0.1) is 0 Å². The fourth-order valence-corrected chi connectivity index (χ4v) is 3.30. The van der Waals surface area contributed by atoms with Crippen molar-refractivity contribution in [1.82, 2.24) is 19.5 Å². The second-order valence-corrected chi connectivity index (χ2v) is 6.15. The van der Waals surface area contributed by atoms with Crippen LogP contribution in [-0.2, 0) is 6.18 Å². The van der Waals surface area contributed by atoms with Gasteiger partial charge in [0.25, 0.3) is 0 Å². The molecule has 2 fully saturated rings. The zero-order valence-corrected chi connectivity index (χ0v) is 11.9. The van der Waals surface area contributed by atoms with E-state index in [4.69, 9.17) is 5.73 Å². The van der Waals surface area contributed by atoms with Gasteiger partial charge in [-0.1, -0.05) is 12.8 Å². The molecule has 2 aliphatic carbocycles. The van der Waals surface area contributed by atoms with Crippen LogP contribution < -0.4 is 5.73 Å². The lowest BCUT2D eigenvalue weighted by Crippen LogP contribution is -2.15. The van der Waals surface area contributed by atoms with Gasteiger partial charge in [-0.2, -0.15) is 13.2 Å². The third kappa shape index (κ3) is 2.12. The first-order valence-corrected chi connectivity index (χ1v) is 7.57. The van der Waals surface area contributed by atoms with Gasteiger partial charge in [0.15, 0.2) is 5.65 Å². The van der Waals surface area contributed by atoms with Crippen LogP contribution in [0.15, 0.2) is 0 Å². The highest BCUT2D eigenvalue weighted by Crippen LogP contribution is 2.44. The van der Waals surface area contributed by atoms with Gasteiger partial charge in [-0.05, 0) is 25.7 Å². The lowest BCUT2D eigenvalue weighted by Gasteiger charge is -2.14. The minimum atomic E-state index is -4.56. The highest BCUT2D eigenvalue weighted by atomic mass is 19.4. The predicted molar refractivity (Wildman–Crippen MR) is 74.2 cm³/mol. The minimum absolute atomic E-state index is 0.0536. The number of aromatic nitrogens is 4.